The second-order valence-electron chi connectivity index (χ2n) is 7.60. The van der Waals surface area contributed by atoms with E-state index >= 15 is 0 Å². The summed E-state index contributed by atoms with van der Waals surface area (Å²) in [5.41, 5.74) is 1.95. The summed E-state index contributed by atoms with van der Waals surface area (Å²) in [6, 6.07) is 16.0. The quantitative estimate of drug-likeness (QED) is 0.604. The van der Waals surface area contributed by atoms with Crippen LogP contribution in [0, 0.1) is 0 Å². The second-order valence-corrected chi connectivity index (χ2v) is 7.60. The number of benzene rings is 2. The molecule has 4 rings (SSSR count). The van der Waals surface area contributed by atoms with Crippen LogP contribution in [0.25, 0.3) is 11.5 Å². The number of carbonyl (C=O) groups is 1. The van der Waals surface area contributed by atoms with Crippen molar-refractivity contribution in [2.75, 3.05) is 38.1 Å². The van der Waals surface area contributed by atoms with Gasteiger partial charge in [0.05, 0.1) is 6.54 Å². The highest BCUT2D eigenvalue weighted by molar-refractivity contribution is 5.92. The number of amides is 2. The first-order valence-corrected chi connectivity index (χ1v) is 10.1. The van der Waals surface area contributed by atoms with Gasteiger partial charge in [0.25, 0.3) is 0 Å². The molecule has 0 atom stereocenters. The Hall–Kier alpha value is -3.40. The molecule has 2 amide bonds. The van der Waals surface area contributed by atoms with Crippen molar-refractivity contribution < 1.29 is 22.4 Å². The van der Waals surface area contributed by atoms with Crippen LogP contribution in [0.2, 0.25) is 0 Å². The monoisotopic (exact) mass is 445 g/mol. The van der Waals surface area contributed by atoms with E-state index in [-0.39, 0.29) is 11.9 Å². The number of alkyl halides is 3. The molecular formula is C22H22F3N5O2. The molecule has 168 valence electrons. The maximum Gasteiger partial charge on any atom is 0.470 e. The lowest BCUT2D eigenvalue weighted by Crippen LogP contribution is -2.51. The molecule has 0 saturated carbocycles. The largest absolute Gasteiger partial charge is 0.470 e. The molecule has 1 aliphatic rings. The van der Waals surface area contributed by atoms with Crippen molar-refractivity contribution in [3.05, 3.63) is 66.1 Å². The summed E-state index contributed by atoms with van der Waals surface area (Å²) >= 11 is 0. The van der Waals surface area contributed by atoms with Gasteiger partial charge < -0.3 is 14.2 Å². The van der Waals surface area contributed by atoms with Crippen LogP contribution in [-0.4, -0.2) is 59.3 Å². The summed E-state index contributed by atoms with van der Waals surface area (Å²) < 4.78 is 42.8. The zero-order valence-corrected chi connectivity index (χ0v) is 17.4. The lowest BCUT2D eigenvalue weighted by molar-refractivity contribution is -0.156. The van der Waals surface area contributed by atoms with Crippen molar-refractivity contribution in [2.45, 2.75) is 12.7 Å². The first-order chi connectivity index (χ1) is 15.3. The van der Waals surface area contributed by atoms with Gasteiger partial charge in [0, 0.05) is 37.4 Å². The number of halogens is 3. The number of para-hydroxylation sites is 1. The fourth-order valence-electron chi connectivity index (χ4n) is 3.44. The van der Waals surface area contributed by atoms with Gasteiger partial charge in [-0.05, 0) is 36.9 Å². The van der Waals surface area contributed by atoms with E-state index in [2.05, 4.69) is 15.1 Å². The fraction of sp³-hybridized carbons (Fsp3) is 0.318. The number of hydrogen-bond acceptors (Lipinski definition) is 5. The number of rotatable bonds is 4. The Bertz CT molecular complexity index is 1050. The Morgan fingerprint density at radius 1 is 1.00 bits per heavy atom. The van der Waals surface area contributed by atoms with Crippen molar-refractivity contribution in [1.82, 2.24) is 20.0 Å². The van der Waals surface area contributed by atoms with Gasteiger partial charge >= 0.3 is 18.1 Å². The molecule has 0 unspecified atom stereocenters. The highest BCUT2D eigenvalue weighted by Crippen LogP contribution is 2.30. The van der Waals surface area contributed by atoms with Crippen LogP contribution in [0.5, 0.6) is 0 Å². The van der Waals surface area contributed by atoms with Gasteiger partial charge in [0.15, 0.2) is 0 Å². The van der Waals surface area contributed by atoms with E-state index in [4.69, 9.17) is 4.42 Å². The van der Waals surface area contributed by atoms with Crippen LogP contribution < -0.4 is 4.90 Å². The minimum atomic E-state index is -4.69. The van der Waals surface area contributed by atoms with Crippen LogP contribution in [-0.2, 0) is 12.7 Å². The van der Waals surface area contributed by atoms with Gasteiger partial charge in [-0.25, -0.2) is 4.79 Å². The van der Waals surface area contributed by atoms with Crippen LogP contribution >= 0.6 is 0 Å². The molecule has 0 spiro atoms. The van der Waals surface area contributed by atoms with Gasteiger partial charge in [0.2, 0.25) is 5.89 Å². The normalized spacial score (nSPS) is 15.1. The van der Waals surface area contributed by atoms with E-state index < -0.39 is 12.1 Å². The van der Waals surface area contributed by atoms with Gasteiger partial charge in [0.1, 0.15) is 0 Å². The molecule has 1 aromatic heterocycles. The van der Waals surface area contributed by atoms with Gasteiger partial charge in [-0.2, -0.15) is 13.2 Å². The van der Waals surface area contributed by atoms with Crippen LogP contribution in [0.3, 0.4) is 0 Å². The van der Waals surface area contributed by atoms with Crippen molar-refractivity contribution in [2.24, 2.45) is 0 Å². The molecule has 0 aliphatic carbocycles. The molecule has 10 heteroatoms. The summed E-state index contributed by atoms with van der Waals surface area (Å²) in [5, 5.41) is 6.53. The first-order valence-electron chi connectivity index (χ1n) is 10.1. The zero-order valence-electron chi connectivity index (χ0n) is 17.4. The second kappa shape index (κ2) is 8.99. The number of anilines is 1. The molecule has 1 aliphatic heterocycles. The lowest BCUT2D eigenvalue weighted by Gasteiger charge is -2.36. The molecule has 2 aromatic carbocycles. The average molecular weight is 445 g/mol. The molecule has 3 aromatic rings. The molecule has 2 heterocycles. The molecular weight excluding hydrogens is 423 g/mol. The Kier molecular flexibility index (Phi) is 6.13. The summed E-state index contributed by atoms with van der Waals surface area (Å²) in [6.45, 7) is 3.24. The van der Waals surface area contributed by atoms with E-state index in [0.717, 1.165) is 24.3 Å². The van der Waals surface area contributed by atoms with Crippen LogP contribution in [0.15, 0.2) is 59.0 Å². The van der Waals surface area contributed by atoms with Crippen LogP contribution in [0.1, 0.15) is 11.5 Å². The third kappa shape index (κ3) is 4.91. The predicted molar refractivity (Wildman–Crippen MR) is 112 cm³/mol. The minimum Gasteiger partial charge on any atom is -0.413 e. The van der Waals surface area contributed by atoms with E-state index in [1.165, 1.54) is 0 Å². The SMILES string of the molecule is CN1CCN(C(=O)N(Cc2ccc(-c3nnc(C(F)(F)F)o3)cc2)c2ccccc2)CC1. The Morgan fingerprint density at radius 2 is 1.66 bits per heavy atom. The summed E-state index contributed by atoms with van der Waals surface area (Å²) in [7, 11) is 2.03. The number of aromatic nitrogens is 2. The Morgan fingerprint density at radius 3 is 2.25 bits per heavy atom. The van der Waals surface area contributed by atoms with Crippen molar-refractivity contribution in [3.8, 4) is 11.5 Å². The van der Waals surface area contributed by atoms with Crippen molar-refractivity contribution >= 4 is 11.7 Å². The average Bonchev–Trinajstić information content (AvgIpc) is 3.30. The van der Waals surface area contributed by atoms with Gasteiger partial charge in [-0.1, -0.05) is 30.3 Å². The summed E-state index contributed by atoms with van der Waals surface area (Å²) in [5.74, 6) is -1.60. The number of likely N-dealkylation sites (N-methyl/N-ethyl adjacent to an activating group) is 1. The lowest BCUT2D eigenvalue weighted by atomic mass is 10.1. The van der Waals surface area contributed by atoms with Gasteiger partial charge in [-0.15, -0.1) is 10.2 Å². The molecule has 7 nitrogen and oxygen atoms in total. The van der Waals surface area contributed by atoms with Crippen molar-refractivity contribution in [3.63, 3.8) is 0 Å². The number of nitrogens with zero attached hydrogens (tertiary/aromatic N) is 5. The first kappa shape index (κ1) is 21.8. The molecule has 1 fully saturated rings. The van der Waals surface area contributed by atoms with Crippen molar-refractivity contribution in [1.29, 1.82) is 0 Å². The van der Waals surface area contributed by atoms with E-state index in [1.54, 1.807) is 29.2 Å². The summed E-state index contributed by atoms with van der Waals surface area (Å²) in [6.07, 6.45) is -4.69. The van der Waals surface area contributed by atoms with E-state index in [1.807, 2.05) is 42.3 Å². The number of carbonyl (C=O) groups excluding carboxylic acids is 1. The third-order valence-corrected chi connectivity index (χ3v) is 5.28. The standard InChI is InChI=1S/C22H22F3N5O2/c1-28-11-13-29(14-12-28)21(31)30(18-5-3-2-4-6-18)15-16-7-9-17(10-8-16)19-26-27-20(32-19)22(23,24)25/h2-10H,11-15H2,1H3. The van der Waals surface area contributed by atoms with E-state index in [9.17, 15) is 18.0 Å². The highest BCUT2D eigenvalue weighted by atomic mass is 19.4. The molecule has 1 saturated heterocycles. The maximum absolute atomic E-state index is 13.3. The smallest absolute Gasteiger partial charge is 0.413 e. The highest BCUT2D eigenvalue weighted by Gasteiger charge is 2.38. The molecule has 0 N–H and O–H groups in total. The number of urea groups is 1. The molecule has 32 heavy (non-hydrogen) atoms. The maximum atomic E-state index is 13.3. The number of piperazine rings is 1. The topological polar surface area (TPSA) is 65.7 Å². The summed E-state index contributed by atoms with van der Waals surface area (Å²) in [4.78, 5) is 19.0. The Labute approximate surface area is 183 Å². The molecule has 0 radical (unpaired) electrons. The minimum absolute atomic E-state index is 0.0832. The Balaban J connectivity index is 1.53. The fourth-order valence-corrected chi connectivity index (χ4v) is 3.44. The van der Waals surface area contributed by atoms with E-state index in [0.29, 0.717) is 25.2 Å². The molecule has 0 bridgehead atoms. The zero-order chi connectivity index (χ0) is 22.7. The van der Waals surface area contributed by atoms with Gasteiger partial charge in [-0.3, -0.25) is 4.90 Å². The third-order valence-electron chi connectivity index (χ3n) is 5.28. The van der Waals surface area contributed by atoms with Crippen LogP contribution in [0.4, 0.5) is 23.7 Å². The number of hydrogen-bond donors (Lipinski definition) is 0. The predicted octanol–water partition coefficient (Wildman–Crippen LogP) is 4.13.